The number of carbonyl (C=O) groups excluding carboxylic acids is 1. The van der Waals surface area contributed by atoms with Crippen molar-refractivity contribution in [3.05, 3.63) is 48.0 Å². The number of benzene rings is 2. The van der Waals surface area contributed by atoms with E-state index in [0.717, 1.165) is 42.6 Å². The highest BCUT2D eigenvalue weighted by Crippen LogP contribution is 2.32. The number of rotatable bonds is 4. The van der Waals surface area contributed by atoms with Crippen molar-refractivity contribution < 1.29 is 19.0 Å². The zero-order chi connectivity index (χ0) is 18.6. The first kappa shape index (κ1) is 17.5. The number of hydrogen-bond acceptors (Lipinski definition) is 5. The normalized spacial score (nSPS) is 16.3. The van der Waals surface area contributed by atoms with Gasteiger partial charge in [0.15, 0.2) is 11.5 Å². The average Bonchev–Trinajstić information content (AvgIpc) is 3.16. The second kappa shape index (κ2) is 7.75. The van der Waals surface area contributed by atoms with Crippen LogP contribution in [0.15, 0.2) is 42.5 Å². The molecule has 0 bridgehead atoms. The van der Waals surface area contributed by atoms with Crippen molar-refractivity contribution in [2.75, 3.05) is 45.4 Å². The third kappa shape index (κ3) is 4.09. The summed E-state index contributed by atoms with van der Waals surface area (Å²) in [5.41, 5.74) is 1.93. The first-order valence-corrected chi connectivity index (χ1v) is 9.02. The second-order valence-electron chi connectivity index (χ2n) is 6.61. The molecule has 1 N–H and O–H groups in total. The Labute approximate surface area is 158 Å². The maximum Gasteiger partial charge on any atom is 0.321 e. The highest BCUT2D eigenvalue weighted by molar-refractivity contribution is 5.89. The van der Waals surface area contributed by atoms with Gasteiger partial charge in [0.25, 0.3) is 0 Å². The SMILES string of the molecule is COc1cccc(NC(=O)N2CCN(Cc3ccc4c(c3)OCO4)CC2)c1. The maximum absolute atomic E-state index is 12.5. The Morgan fingerprint density at radius 3 is 2.70 bits per heavy atom. The molecule has 7 nitrogen and oxygen atoms in total. The summed E-state index contributed by atoms with van der Waals surface area (Å²) in [4.78, 5) is 16.7. The van der Waals surface area contributed by atoms with E-state index in [1.54, 1.807) is 7.11 Å². The zero-order valence-electron chi connectivity index (χ0n) is 15.3. The molecule has 0 unspecified atom stereocenters. The van der Waals surface area contributed by atoms with Crippen LogP contribution < -0.4 is 19.5 Å². The van der Waals surface area contributed by atoms with Gasteiger partial charge in [0.05, 0.1) is 7.11 Å². The van der Waals surface area contributed by atoms with Crippen molar-refractivity contribution in [1.29, 1.82) is 0 Å². The van der Waals surface area contributed by atoms with E-state index in [1.165, 1.54) is 5.56 Å². The lowest BCUT2D eigenvalue weighted by Crippen LogP contribution is -2.49. The molecule has 0 radical (unpaired) electrons. The quantitative estimate of drug-likeness (QED) is 0.898. The van der Waals surface area contributed by atoms with Crippen LogP contribution in [-0.4, -0.2) is 55.9 Å². The van der Waals surface area contributed by atoms with Gasteiger partial charge in [0, 0.05) is 44.5 Å². The lowest BCUT2D eigenvalue weighted by molar-refractivity contribution is 0.143. The van der Waals surface area contributed by atoms with Crippen LogP contribution in [-0.2, 0) is 6.54 Å². The summed E-state index contributed by atoms with van der Waals surface area (Å²) in [5, 5.41) is 2.94. The van der Waals surface area contributed by atoms with Gasteiger partial charge in [-0.15, -0.1) is 0 Å². The highest BCUT2D eigenvalue weighted by Gasteiger charge is 2.22. The third-order valence-corrected chi connectivity index (χ3v) is 4.82. The maximum atomic E-state index is 12.5. The van der Waals surface area contributed by atoms with E-state index in [9.17, 15) is 4.79 Å². The molecule has 0 aliphatic carbocycles. The second-order valence-corrected chi connectivity index (χ2v) is 6.61. The molecule has 7 heteroatoms. The van der Waals surface area contributed by atoms with Crippen molar-refractivity contribution in [2.24, 2.45) is 0 Å². The van der Waals surface area contributed by atoms with E-state index in [-0.39, 0.29) is 6.03 Å². The lowest BCUT2D eigenvalue weighted by Gasteiger charge is -2.34. The van der Waals surface area contributed by atoms with Gasteiger partial charge < -0.3 is 24.4 Å². The number of ether oxygens (including phenoxy) is 3. The Morgan fingerprint density at radius 2 is 1.89 bits per heavy atom. The highest BCUT2D eigenvalue weighted by atomic mass is 16.7. The van der Waals surface area contributed by atoms with Crippen molar-refractivity contribution >= 4 is 11.7 Å². The monoisotopic (exact) mass is 369 g/mol. The van der Waals surface area contributed by atoms with E-state index in [0.29, 0.717) is 19.9 Å². The molecule has 1 fully saturated rings. The molecule has 27 heavy (non-hydrogen) atoms. The van der Waals surface area contributed by atoms with E-state index >= 15 is 0 Å². The van der Waals surface area contributed by atoms with E-state index in [4.69, 9.17) is 14.2 Å². The standard InChI is InChI=1S/C20H23N3O4/c1-25-17-4-2-3-16(12-17)21-20(24)23-9-7-22(8-10-23)13-15-5-6-18-19(11-15)27-14-26-18/h2-6,11-12H,7-10,13-14H2,1H3,(H,21,24). The van der Waals surface area contributed by atoms with Crippen LogP contribution in [0.25, 0.3) is 0 Å². The van der Waals surface area contributed by atoms with Gasteiger partial charge in [0.2, 0.25) is 6.79 Å². The average molecular weight is 369 g/mol. The third-order valence-electron chi connectivity index (χ3n) is 4.82. The molecule has 1 saturated heterocycles. The Hall–Kier alpha value is -2.93. The molecule has 2 heterocycles. The van der Waals surface area contributed by atoms with E-state index < -0.39 is 0 Å². The summed E-state index contributed by atoms with van der Waals surface area (Å²) >= 11 is 0. The van der Waals surface area contributed by atoms with Crippen LogP contribution >= 0.6 is 0 Å². The van der Waals surface area contributed by atoms with E-state index in [2.05, 4.69) is 16.3 Å². The van der Waals surface area contributed by atoms with Crippen LogP contribution in [0, 0.1) is 0 Å². The van der Waals surface area contributed by atoms with Gasteiger partial charge in [-0.2, -0.15) is 0 Å². The first-order valence-electron chi connectivity index (χ1n) is 9.02. The number of carbonyl (C=O) groups is 1. The molecule has 0 aromatic heterocycles. The molecular weight excluding hydrogens is 346 g/mol. The van der Waals surface area contributed by atoms with Crippen LogP contribution in [0.4, 0.5) is 10.5 Å². The molecule has 142 valence electrons. The molecule has 4 rings (SSSR count). The van der Waals surface area contributed by atoms with Crippen molar-refractivity contribution in [3.8, 4) is 17.2 Å². The van der Waals surface area contributed by atoms with Crippen molar-refractivity contribution in [2.45, 2.75) is 6.54 Å². The summed E-state index contributed by atoms with van der Waals surface area (Å²) in [6.45, 7) is 4.18. The minimum absolute atomic E-state index is 0.0778. The first-order chi connectivity index (χ1) is 13.2. The summed E-state index contributed by atoms with van der Waals surface area (Å²) in [7, 11) is 1.61. The fourth-order valence-electron chi connectivity index (χ4n) is 3.31. The summed E-state index contributed by atoms with van der Waals surface area (Å²) in [5.74, 6) is 2.34. The van der Waals surface area contributed by atoms with E-state index in [1.807, 2.05) is 41.3 Å². The van der Waals surface area contributed by atoms with Gasteiger partial charge in [-0.1, -0.05) is 12.1 Å². The Bertz CT molecular complexity index is 819. The number of amides is 2. The summed E-state index contributed by atoms with van der Waals surface area (Å²) in [6.07, 6.45) is 0. The molecule has 2 amide bonds. The molecule has 2 aliphatic rings. The number of anilines is 1. The van der Waals surface area contributed by atoms with Gasteiger partial charge >= 0.3 is 6.03 Å². The fraction of sp³-hybridized carbons (Fsp3) is 0.350. The molecule has 2 aliphatic heterocycles. The van der Waals surface area contributed by atoms with Crippen molar-refractivity contribution in [1.82, 2.24) is 9.80 Å². The molecular formula is C20H23N3O4. The molecule has 0 saturated carbocycles. The van der Waals surface area contributed by atoms with Gasteiger partial charge in [0.1, 0.15) is 5.75 Å². The van der Waals surface area contributed by atoms with Gasteiger partial charge in [-0.05, 0) is 29.8 Å². The molecule has 2 aromatic carbocycles. The van der Waals surface area contributed by atoms with Gasteiger partial charge in [-0.25, -0.2) is 4.79 Å². The van der Waals surface area contributed by atoms with Crippen LogP contribution in [0.2, 0.25) is 0 Å². The Kier molecular flexibility index (Phi) is 5.02. The summed E-state index contributed by atoms with van der Waals surface area (Å²) < 4.78 is 16.0. The fourth-order valence-corrected chi connectivity index (χ4v) is 3.31. The predicted molar refractivity (Wildman–Crippen MR) is 101 cm³/mol. The molecule has 0 spiro atoms. The number of urea groups is 1. The number of nitrogens with one attached hydrogen (secondary N) is 1. The molecule has 0 atom stereocenters. The number of fused-ring (bicyclic) bond motifs is 1. The zero-order valence-corrected chi connectivity index (χ0v) is 15.3. The summed E-state index contributed by atoms with van der Waals surface area (Å²) in [6, 6.07) is 13.4. The minimum Gasteiger partial charge on any atom is -0.497 e. The largest absolute Gasteiger partial charge is 0.497 e. The Balaban J connectivity index is 1.28. The number of methoxy groups -OCH3 is 1. The van der Waals surface area contributed by atoms with Crippen molar-refractivity contribution in [3.63, 3.8) is 0 Å². The number of hydrogen-bond donors (Lipinski definition) is 1. The number of piperazine rings is 1. The predicted octanol–water partition coefficient (Wildman–Crippen LogP) is 2.77. The molecule has 2 aromatic rings. The minimum atomic E-state index is -0.0778. The lowest BCUT2D eigenvalue weighted by atomic mass is 10.1. The Morgan fingerprint density at radius 1 is 1.07 bits per heavy atom. The van der Waals surface area contributed by atoms with Gasteiger partial charge in [-0.3, -0.25) is 4.90 Å². The van der Waals surface area contributed by atoms with Crippen LogP contribution in [0.1, 0.15) is 5.56 Å². The topological polar surface area (TPSA) is 63.3 Å². The van der Waals surface area contributed by atoms with Crippen LogP contribution in [0.5, 0.6) is 17.2 Å². The smallest absolute Gasteiger partial charge is 0.321 e. The van der Waals surface area contributed by atoms with Crippen LogP contribution in [0.3, 0.4) is 0 Å². The number of nitrogens with zero attached hydrogens (tertiary/aromatic N) is 2.